The zero-order valence-corrected chi connectivity index (χ0v) is 18.4. The molecular weight excluding hydrogens is 314 g/mol. The number of rotatable bonds is 5. The van der Waals surface area contributed by atoms with Gasteiger partial charge in [0.15, 0.2) is 0 Å². The normalized spacial score (nSPS) is 27.6. The molecule has 3 unspecified atom stereocenters. The topological polar surface area (TPSA) is 30.9 Å². The van der Waals surface area contributed by atoms with Crippen LogP contribution in [0.15, 0.2) is 0 Å². The van der Waals surface area contributed by atoms with Crippen molar-refractivity contribution >= 4 is 0 Å². The van der Waals surface area contributed by atoms with Gasteiger partial charge in [-0.15, -0.1) is 0 Å². The Morgan fingerprint density at radius 2 is 1.24 bits per heavy atom. The van der Waals surface area contributed by atoms with Crippen LogP contribution in [0.25, 0.3) is 0 Å². The fourth-order valence-electron chi connectivity index (χ4n) is 3.48. The Morgan fingerprint density at radius 1 is 0.760 bits per heavy atom. The summed E-state index contributed by atoms with van der Waals surface area (Å²) >= 11 is 0. The Balaban J connectivity index is 3.09. The van der Waals surface area contributed by atoms with Crippen molar-refractivity contribution in [3.63, 3.8) is 0 Å². The predicted octanol–water partition coefficient (Wildman–Crippen LogP) is 4.65. The highest BCUT2D eigenvalue weighted by Crippen LogP contribution is 2.29. The summed E-state index contributed by atoms with van der Waals surface area (Å²) in [6.45, 7) is 23.7. The molecule has 0 radical (unpaired) electrons. The van der Waals surface area contributed by atoms with Crippen LogP contribution in [-0.2, 0) is 14.2 Å². The Hall–Kier alpha value is -0.160. The minimum Gasteiger partial charge on any atom is -0.373 e. The van der Waals surface area contributed by atoms with Crippen LogP contribution in [0.4, 0.5) is 0 Å². The summed E-state index contributed by atoms with van der Waals surface area (Å²) in [5.41, 5.74) is -0.0438. The molecule has 0 aromatic rings. The summed E-state index contributed by atoms with van der Waals surface area (Å²) in [4.78, 5) is 2.55. The fraction of sp³-hybridized carbons (Fsp3) is 1.00. The zero-order chi connectivity index (χ0) is 19.4. The highest BCUT2D eigenvalue weighted by atomic mass is 16.6. The maximum atomic E-state index is 6.47. The molecule has 0 aromatic heterocycles. The van der Waals surface area contributed by atoms with Gasteiger partial charge in [-0.3, -0.25) is 4.90 Å². The van der Waals surface area contributed by atoms with Gasteiger partial charge in [-0.1, -0.05) is 0 Å². The first kappa shape index (κ1) is 22.9. The standard InChI is InChI=1S/C21H43NO3/c1-15(2)23-17-11-13-22(20(5,6)7)14-12-18(25-21(8,9)10)19(17)24-16(3)4/h15-19H,11-14H2,1-10H3. The van der Waals surface area contributed by atoms with E-state index in [4.69, 9.17) is 14.2 Å². The summed E-state index contributed by atoms with van der Waals surface area (Å²) < 4.78 is 19.1. The second kappa shape index (κ2) is 9.16. The van der Waals surface area contributed by atoms with Crippen molar-refractivity contribution in [3.05, 3.63) is 0 Å². The SMILES string of the molecule is CC(C)OC1CCN(C(C)(C)C)CCC(OC(C)(C)C)C1OC(C)C. The van der Waals surface area contributed by atoms with Crippen LogP contribution in [-0.4, -0.2) is 59.6 Å². The molecular formula is C21H43NO3. The van der Waals surface area contributed by atoms with Crippen molar-refractivity contribution in [3.8, 4) is 0 Å². The summed E-state index contributed by atoms with van der Waals surface area (Å²) in [6.07, 6.45) is 2.34. The lowest BCUT2D eigenvalue weighted by atomic mass is 9.94. The van der Waals surface area contributed by atoms with E-state index in [0.717, 1.165) is 25.9 Å². The van der Waals surface area contributed by atoms with E-state index in [1.807, 2.05) is 0 Å². The van der Waals surface area contributed by atoms with Crippen LogP contribution in [0.2, 0.25) is 0 Å². The van der Waals surface area contributed by atoms with Gasteiger partial charge in [-0.25, -0.2) is 0 Å². The van der Waals surface area contributed by atoms with Gasteiger partial charge in [-0.05, 0) is 82.1 Å². The zero-order valence-electron chi connectivity index (χ0n) is 18.4. The average molecular weight is 358 g/mol. The lowest BCUT2D eigenvalue weighted by Gasteiger charge is -2.44. The Bertz CT molecular complexity index is 382. The summed E-state index contributed by atoms with van der Waals surface area (Å²) in [5, 5.41) is 0. The van der Waals surface area contributed by atoms with Crippen molar-refractivity contribution < 1.29 is 14.2 Å². The number of hydrogen-bond donors (Lipinski definition) is 0. The number of hydrogen-bond acceptors (Lipinski definition) is 4. The van der Waals surface area contributed by atoms with Gasteiger partial charge in [0.05, 0.1) is 30.0 Å². The highest BCUT2D eigenvalue weighted by Gasteiger charge is 2.38. The third-order valence-electron chi connectivity index (χ3n) is 4.43. The quantitative estimate of drug-likeness (QED) is 0.716. The van der Waals surface area contributed by atoms with E-state index >= 15 is 0 Å². The largest absolute Gasteiger partial charge is 0.373 e. The van der Waals surface area contributed by atoms with Crippen molar-refractivity contribution in [1.29, 1.82) is 0 Å². The number of ether oxygens (including phenoxy) is 3. The van der Waals surface area contributed by atoms with E-state index in [1.165, 1.54) is 0 Å². The molecule has 1 rings (SSSR count). The lowest BCUT2D eigenvalue weighted by Crippen LogP contribution is -2.54. The van der Waals surface area contributed by atoms with E-state index in [0.29, 0.717) is 0 Å². The van der Waals surface area contributed by atoms with E-state index in [-0.39, 0.29) is 41.7 Å². The van der Waals surface area contributed by atoms with Crippen molar-refractivity contribution in [2.24, 2.45) is 0 Å². The Morgan fingerprint density at radius 3 is 1.64 bits per heavy atom. The first-order chi connectivity index (χ1) is 11.3. The molecule has 3 atom stereocenters. The molecule has 1 heterocycles. The van der Waals surface area contributed by atoms with Crippen molar-refractivity contribution in [2.45, 2.75) is 124 Å². The smallest absolute Gasteiger partial charge is 0.110 e. The maximum Gasteiger partial charge on any atom is 0.110 e. The molecule has 0 bridgehead atoms. The van der Waals surface area contributed by atoms with Crippen LogP contribution in [0.5, 0.6) is 0 Å². The Kier molecular flexibility index (Phi) is 8.39. The molecule has 1 aliphatic rings. The van der Waals surface area contributed by atoms with Gasteiger partial charge in [0, 0.05) is 18.6 Å². The predicted molar refractivity (Wildman–Crippen MR) is 105 cm³/mol. The first-order valence-electron chi connectivity index (χ1n) is 10.0. The number of nitrogens with zero attached hydrogens (tertiary/aromatic N) is 1. The lowest BCUT2D eigenvalue weighted by molar-refractivity contribution is -0.198. The molecule has 0 saturated carbocycles. The second-order valence-electron chi connectivity index (χ2n) is 9.88. The molecule has 1 saturated heterocycles. The van der Waals surface area contributed by atoms with Gasteiger partial charge in [-0.2, -0.15) is 0 Å². The fourth-order valence-corrected chi connectivity index (χ4v) is 3.48. The number of likely N-dealkylation sites (tertiary alicyclic amines) is 1. The summed E-state index contributed by atoms with van der Waals surface area (Å²) in [5.74, 6) is 0. The average Bonchev–Trinajstić information content (AvgIpc) is 2.37. The van der Waals surface area contributed by atoms with E-state index in [1.54, 1.807) is 0 Å². The van der Waals surface area contributed by atoms with Gasteiger partial charge in [0.1, 0.15) is 6.10 Å². The van der Waals surface area contributed by atoms with E-state index in [2.05, 4.69) is 74.1 Å². The first-order valence-corrected chi connectivity index (χ1v) is 10.0. The van der Waals surface area contributed by atoms with Crippen LogP contribution in [0.1, 0.15) is 82.1 Å². The molecule has 0 spiro atoms. The van der Waals surface area contributed by atoms with Gasteiger partial charge in [0.2, 0.25) is 0 Å². The molecule has 4 nitrogen and oxygen atoms in total. The highest BCUT2D eigenvalue weighted by molar-refractivity contribution is 4.89. The van der Waals surface area contributed by atoms with Gasteiger partial charge < -0.3 is 14.2 Å². The minimum atomic E-state index is -0.197. The minimum absolute atomic E-state index is 0.0243. The van der Waals surface area contributed by atoms with Gasteiger partial charge >= 0.3 is 0 Å². The van der Waals surface area contributed by atoms with Crippen LogP contribution < -0.4 is 0 Å². The van der Waals surface area contributed by atoms with Crippen LogP contribution >= 0.6 is 0 Å². The van der Waals surface area contributed by atoms with E-state index in [9.17, 15) is 0 Å². The molecule has 0 amide bonds. The molecule has 0 N–H and O–H groups in total. The van der Waals surface area contributed by atoms with Gasteiger partial charge in [0.25, 0.3) is 0 Å². The monoisotopic (exact) mass is 357 g/mol. The summed E-state index contributed by atoms with van der Waals surface area (Å²) in [6, 6.07) is 0. The van der Waals surface area contributed by atoms with Crippen molar-refractivity contribution in [1.82, 2.24) is 4.90 Å². The molecule has 1 aliphatic heterocycles. The molecule has 0 aliphatic carbocycles. The maximum absolute atomic E-state index is 6.47. The van der Waals surface area contributed by atoms with E-state index < -0.39 is 0 Å². The molecule has 1 fully saturated rings. The third-order valence-corrected chi connectivity index (χ3v) is 4.43. The summed E-state index contributed by atoms with van der Waals surface area (Å²) in [7, 11) is 0. The Labute approximate surface area is 156 Å². The van der Waals surface area contributed by atoms with Crippen molar-refractivity contribution in [2.75, 3.05) is 13.1 Å². The molecule has 0 aromatic carbocycles. The molecule has 25 heavy (non-hydrogen) atoms. The van der Waals surface area contributed by atoms with Crippen LogP contribution in [0.3, 0.4) is 0 Å². The second-order valence-corrected chi connectivity index (χ2v) is 9.88. The molecule has 4 heteroatoms. The third kappa shape index (κ3) is 8.38. The molecule has 150 valence electrons. The van der Waals surface area contributed by atoms with Crippen LogP contribution in [0, 0.1) is 0 Å².